The number of carbonyl (C=O) groups is 1. The van der Waals surface area contributed by atoms with Gasteiger partial charge >= 0.3 is 6.18 Å². The van der Waals surface area contributed by atoms with Crippen LogP contribution in [0.15, 0.2) is 48.2 Å². The van der Waals surface area contributed by atoms with Crippen molar-refractivity contribution in [1.82, 2.24) is 14.4 Å². The molecule has 0 aliphatic carbocycles. The van der Waals surface area contributed by atoms with Gasteiger partial charge in [-0.25, -0.2) is 9.37 Å². The number of fused-ring (bicyclic) bond motifs is 1. The SMILES string of the molecule is Cc1cnccc1C(=O)N(Cc1c(C)nc2sccn12)c1ccc(F)c(C(F)(F)F)c1. The highest BCUT2D eigenvalue weighted by Crippen LogP contribution is 2.35. The molecule has 1 aromatic carbocycles. The smallest absolute Gasteiger partial charge is 0.302 e. The summed E-state index contributed by atoms with van der Waals surface area (Å²) in [5, 5.41) is 1.82. The third kappa shape index (κ3) is 3.90. The Balaban J connectivity index is 1.86. The normalized spacial score (nSPS) is 11.8. The highest BCUT2D eigenvalue weighted by molar-refractivity contribution is 7.15. The van der Waals surface area contributed by atoms with E-state index in [9.17, 15) is 22.4 Å². The van der Waals surface area contributed by atoms with Crippen LogP contribution in [0.25, 0.3) is 4.96 Å². The molecule has 0 fully saturated rings. The molecule has 0 bridgehead atoms. The maximum absolute atomic E-state index is 13.9. The molecule has 0 spiro atoms. The van der Waals surface area contributed by atoms with Gasteiger partial charge < -0.3 is 4.90 Å². The first-order valence-corrected chi connectivity index (χ1v) is 10.0. The Morgan fingerprint density at radius 3 is 2.71 bits per heavy atom. The number of hydrogen-bond donors (Lipinski definition) is 0. The minimum Gasteiger partial charge on any atom is -0.302 e. The van der Waals surface area contributed by atoms with Gasteiger partial charge in [0, 0.05) is 35.2 Å². The Morgan fingerprint density at radius 1 is 1.23 bits per heavy atom. The number of halogens is 4. The number of aryl methyl sites for hydroxylation is 2. The van der Waals surface area contributed by atoms with E-state index in [1.165, 1.54) is 40.8 Å². The van der Waals surface area contributed by atoms with E-state index in [0.29, 0.717) is 28.0 Å². The average Bonchev–Trinajstić information content (AvgIpc) is 3.27. The Kier molecular flexibility index (Phi) is 5.26. The number of nitrogens with zero attached hydrogens (tertiary/aromatic N) is 4. The number of amides is 1. The highest BCUT2D eigenvalue weighted by atomic mass is 32.1. The number of aromatic nitrogens is 3. The van der Waals surface area contributed by atoms with E-state index in [4.69, 9.17) is 0 Å². The van der Waals surface area contributed by atoms with Crippen molar-refractivity contribution < 1.29 is 22.4 Å². The van der Waals surface area contributed by atoms with Crippen LogP contribution >= 0.6 is 11.3 Å². The molecule has 160 valence electrons. The zero-order valence-corrected chi connectivity index (χ0v) is 17.3. The van der Waals surface area contributed by atoms with Gasteiger partial charge in [0.05, 0.1) is 23.5 Å². The molecule has 0 aliphatic heterocycles. The largest absolute Gasteiger partial charge is 0.419 e. The van der Waals surface area contributed by atoms with E-state index in [-0.39, 0.29) is 17.8 Å². The molecule has 0 unspecified atom stereocenters. The average molecular weight is 448 g/mol. The predicted molar refractivity (Wildman–Crippen MR) is 109 cm³/mol. The lowest BCUT2D eigenvalue weighted by atomic mass is 10.1. The lowest BCUT2D eigenvalue weighted by Crippen LogP contribution is -2.32. The predicted octanol–water partition coefficient (Wildman–Crippen LogP) is 5.41. The summed E-state index contributed by atoms with van der Waals surface area (Å²) in [5.41, 5.74) is 0.654. The zero-order valence-electron chi connectivity index (χ0n) is 16.4. The van der Waals surface area contributed by atoms with Gasteiger partial charge in [-0.2, -0.15) is 13.2 Å². The molecule has 0 aliphatic rings. The summed E-state index contributed by atoms with van der Waals surface area (Å²) in [5.74, 6) is -1.92. The Labute approximate surface area is 178 Å². The van der Waals surface area contributed by atoms with Crippen LogP contribution in [-0.2, 0) is 12.7 Å². The number of hydrogen-bond acceptors (Lipinski definition) is 4. The van der Waals surface area contributed by atoms with E-state index < -0.39 is 23.5 Å². The van der Waals surface area contributed by atoms with E-state index in [1.807, 2.05) is 5.38 Å². The molecule has 3 heterocycles. The molecule has 1 amide bonds. The van der Waals surface area contributed by atoms with Crippen molar-refractivity contribution in [2.75, 3.05) is 4.90 Å². The van der Waals surface area contributed by atoms with Crippen LogP contribution in [0.5, 0.6) is 0 Å². The van der Waals surface area contributed by atoms with Gasteiger partial charge in [-0.05, 0) is 43.7 Å². The van der Waals surface area contributed by atoms with Crippen molar-refractivity contribution in [3.63, 3.8) is 0 Å². The number of carbonyl (C=O) groups excluding carboxylic acids is 1. The first kappa shape index (κ1) is 21.0. The summed E-state index contributed by atoms with van der Waals surface area (Å²) in [6.07, 6.45) is -0.181. The fourth-order valence-corrected chi connectivity index (χ4v) is 4.10. The zero-order chi connectivity index (χ0) is 22.3. The van der Waals surface area contributed by atoms with Crippen LogP contribution in [0, 0.1) is 19.7 Å². The molecule has 10 heteroatoms. The van der Waals surface area contributed by atoms with E-state index >= 15 is 0 Å². The van der Waals surface area contributed by atoms with Gasteiger partial charge in [0.2, 0.25) is 0 Å². The van der Waals surface area contributed by atoms with E-state index in [2.05, 4.69) is 9.97 Å². The number of alkyl halides is 3. The standard InChI is InChI=1S/C21H16F4N4OS/c1-12-10-26-6-5-15(12)19(30)29(11-18-13(2)27-20-28(18)7-8-31-20)14-3-4-17(22)16(9-14)21(23,24)25/h3-10H,11H2,1-2H3. The van der Waals surface area contributed by atoms with Crippen molar-refractivity contribution in [2.45, 2.75) is 26.6 Å². The topological polar surface area (TPSA) is 50.5 Å². The second-order valence-corrected chi connectivity index (χ2v) is 7.82. The summed E-state index contributed by atoms with van der Waals surface area (Å²) < 4.78 is 55.6. The third-order valence-electron chi connectivity index (χ3n) is 4.93. The van der Waals surface area contributed by atoms with Crippen LogP contribution < -0.4 is 4.90 Å². The van der Waals surface area contributed by atoms with E-state index in [0.717, 1.165) is 6.07 Å². The minimum absolute atomic E-state index is 0.0484. The molecule has 4 aromatic rings. The number of anilines is 1. The summed E-state index contributed by atoms with van der Waals surface area (Å²) >= 11 is 1.40. The van der Waals surface area contributed by atoms with Crippen molar-refractivity contribution >= 4 is 27.9 Å². The molecular formula is C21H16F4N4OS. The van der Waals surface area contributed by atoms with Gasteiger partial charge in [-0.3, -0.25) is 14.2 Å². The minimum atomic E-state index is -4.89. The second kappa shape index (κ2) is 7.77. The number of benzene rings is 1. The van der Waals surface area contributed by atoms with Gasteiger partial charge in [-0.1, -0.05) is 0 Å². The molecule has 0 radical (unpaired) electrons. The van der Waals surface area contributed by atoms with Crippen molar-refractivity contribution in [1.29, 1.82) is 0 Å². The number of pyridine rings is 1. The summed E-state index contributed by atoms with van der Waals surface area (Å²) in [6, 6.07) is 4.05. The van der Waals surface area contributed by atoms with Gasteiger partial charge in [-0.15, -0.1) is 11.3 Å². The fourth-order valence-electron chi connectivity index (χ4n) is 3.32. The van der Waals surface area contributed by atoms with E-state index in [1.54, 1.807) is 24.4 Å². The van der Waals surface area contributed by atoms with Gasteiger partial charge in [0.25, 0.3) is 5.91 Å². The number of imidazole rings is 1. The van der Waals surface area contributed by atoms with Crippen LogP contribution in [-0.4, -0.2) is 20.3 Å². The Hall–Kier alpha value is -3.27. The number of thiazole rings is 1. The molecule has 4 rings (SSSR count). The molecule has 5 nitrogen and oxygen atoms in total. The van der Waals surface area contributed by atoms with Gasteiger partial charge in [0.15, 0.2) is 4.96 Å². The molecule has 0 saturated heterocycles. The quantitative estimate of drug-likeness (QED) is 0.392. The Morgan fingerprint density at radius 2 is 2.00 bits per heavy atom. The lowest BCUT2D eigenvalue weighted by molar-refractivity contribution is -0.139. The number of rotatable bonds is 4. The second-order valence-electron chi connectivity index (χ2n) is 6.94. The molecular weight excluding hydrogens is 432 g/mol. The summed E-state index contributed by atoms with van der Waals surface area (Å²) in [7, 11) is 0. The highest BCUT2D eigenvalue weighted by Gasteiger charge is 2.35. The third-order valence-corrected chi connectivity index (χ3v) is 5.69. The maximum atomic E-state index is 13.9. The first-order valence-electron chi connectivity index (χ1n) is 9.17. The lowest BCUT2D eigenvalue weighted by Gasteiger charge is -2.25. The van der Waals surface area contributed by atoms with Crippen LogP contribution in [0.3, 0.4) is 0 Å². The summed E-state index contributed by atoms with van der Waals surface area (Å²) in [4.78, 5) is 23.7. The molecule has 3 aromatic heterocycles. The Bertz CT molecular complexity index is 1280. The first-order chi connectivity index (χ1) is 14.7. The van der Waals surface area contributed by atoms with Crippen molar-refractivity contribution in [2.24, 2.45) is 0 Å². The van der Waals surface area contributed by atoms with Crippen molar-refractivity contribution in [3.8, 4) is 0 Å². The molecule has 0 atom stereocenters. The van der Waals surface area contributed by atoms with Crippen molar-refractivity contribution in [3.05, 3.63) is 82.1 Å². The van der Waals surface area contributed by atoms with Crippen LogP contribution in [0.4, 0.5) is 23.2 Å². The molecule has 0 saturated carbocycles. The summed E-state index contributed by atoms with van der Waals surface area (Å²) in [6.45, 7) is 3.40. The fraction of sp³-hybridized carbons (Fsp3) is 0.190. The van der Waals surface area contributed by atoms with Crippen LogP contribution in [0.1, 0.15) is 32.9 Å². The molecule has 0 N–H and O–H groups in total. The molecule has 31 heavy (non-hydrogen) atoms. The maximum Gasteiger partial charge on any atom is 0.419 e. The van der Waals surface area contributed by atoms with Gasteiger partial charge in [0.1, 0.15) is 5.82 Å². The monoisotopic (exact) mass is 448 g/mol. The van der Waals surface area contributed by atoms with Crippen LogP contribution in [0.2, 0.25) is 0 Å².